The molecule has 0 radical (unpaired) electrons. The zero-order valence-corrected chi connectivity index (χ0v) is 18.8. The Morgan fingerprint density at radius 2 is 1.62 bits per heavy atom. The van der Waals surface area contributed by atoms with E-state index < -0.39 is 0 Å². The third-order valence-corrected chi connectivity index (χ3v) is 5.19. The number of carbonyl (C=O) groups excluding carboxylic acids is 1. The van der Waals surface area contributed by atoms with Crippen molar-refractivity contribution < 1.29 is 9.53 Å². The lowest BCUT2D eigenvalue weighted by atomic mass is 10.1. The molecule has 0 aliphatic heterocycles. The lowest BCUT2D eigenvalue weighted by Crippen LogP contribution is -2.18. The van der Waals surface area contributed by atoms with Gasteiger partial charge in [0.05, 0.1) is 10.7 Å². The third kappa shape index (κ3) is 6.84. The Morgan fingerprint density at radius 3 is 2.31 bits per heavy atom. The quantitative estimate of drug-likeness (QED) is 0.301. The van der Waals surface area contributed by atoms with E-state index in [1.165, 1.54) is 0 Å². The van der Waals surface area contributed by atoms with Gasteiger partial charge in [-0.3, -0.25) is 4.79 Å². The first kappa shape index (κ1) is 21.3. The van der Waals surface area contributed by atoms with Gasteiger partial charge < -0.3 is 4.74 Å². The highest BCUT2D eigenvalue weighted by Gasteiger charge is 2.10. The minimum Gasteiger partial charge on any atom is -0.487 e. The second-order valence-electron chi connectivity index (χ2n) is 6.36. The van der Waals surface area contributed by atoms with Gasteiger partial charge in [-0.1, -0.05) is 76.6 Å². The number of amides is 1. The highest BCUT2D eigenvalue weighted by atomic mass is 79.9. The summed E-state index contributed by atoms with van der Waals surface area (Å²) < 4.78 is 7.69. The van der Waals surface area contributed by atoms with Gasteiger partial charge >= 0.3 is 0 Å². The molecule has 1 N–H and O–H groups in total. The molecule has 3 aromatic carbocycles. The van der Waals surface area contributed by atoms with Crippen LogP contribution in [0.3, 0.4) is 0 Å². The summed E-state index contributed by atoms with van der Waals surface area (Å²) in [7, 11) is 0. The van der Waals surface area contributed by atoms with Crippen LogP contribution in [0.25, 0.3) is 0 Å². The molecule has 148 valence electrons. The van der Waals surface area contributed by atoms with Crippen LogP contribution >= 0.6 is 31.9 Å². The van der Waals surface area contributed by atoms with E-state index in [2.05, 4.69) is 42.4 Å². The number of benzene rings is 3. The van der Waals surface area contributed by atoms with E-state index in [4.69, 9.17) is 4.74 Å². The molecule has 0 aliphatic carbocycles. The Labute approximate surface area is 187 Å². The Morgan fingerprint density at radius 1 is 0.966 bits per heavy atom. The number of ether oxygens (including phenoxy) is 1. The number of hydrogen-bond donors (Lipinski definition) is 1. The van der Waals surface area contributed by atoms with Gasteiger partial charge in [-0.15, -0.1) is 0 Å². The summed E-state index contributed by atoms with van der Waals surface area (Å²) in [5, 5.41) is 4.11. The number of carbonyl (C=O) groups is 1. The van der Waals surface area contributed by atoms with Crippen molar-refractivity contribution in [2.75, 3.05) is 0 Å². The molecule has 0 spiro atoms. The van der Waals surface area contributed by atoms with Gasteiger partial charge in [0, 0.05) is 16.5 Å². The van der Waals surface area contributed by atoms with Crippen molar-refractivity contribution in [3.63, 3.8) is 0 Å². The van der Waals surface area contributed by atoms with Gasteiger partial charge in [-0.2, -0.15) is 5.10 Å². The summed E-state index contributed by atoms with van der Waals surface area (Å²) in [6.45, 7) is 0.436. The lowest BCUT2D eigenvalue weighted by Gasteiger charge is -2.12. The first-order valence-electron chi connectivity index (χ1n) is 9.13. The second kappa shape index (κ2) is 10.9. The Hall–Kier alpha value is -2.44. The zero-order chi connectivity index (χ0) is 20.5. The van der Waals surface area contributed by atoms with Crippen molar-refractivity contribution in [1.29, 1.82) is 0 Å². The molecule has 0 aromatic heterocycles. The fourth-order valence-electron chi connectivity index (χ4n) is 2.69. The van der Waals surface area contributed by atoms with E-state index in [0.717, 1.165) is 25.6 Å². The Balaban J connectivity index is 1.62. The number of aryl methyl sites for hydroxylation is 1. The molecule has 0 saturated carbocycles. The molecule has 0 saturated heterocycles. The summed E-state index contributed by atoms with van der Waals surface area (Å²) in [5.41, 5.74) is 5.53. The van der Waals surface area contributed by atoms with Crippen LogP contribution in [-0.2, 0) is 17.8 Å². The number of hydrogen-bond acceptors (Lipinski definition) is 3. The topological polar surface area (TPSA) is 50.7 Å². The molecule has 0 unspecified atom stereocenters. The summed E-state index contributed by atoms with van der Waals surface area (Å²) in [4.78, 5) is 12.1. The van der Waals surface area contributed by atoms with E-state index in [1.807, 2.05) is 72.8 Å². The van der Waals surface area contributed by atoms with E-state index >= 15 is 0 Å². The van der Waals surface area contributed by atoms with Crippen LogP contribution in [0.4, 0.5) is 0 Å². The lowest BCUT2D eigenvalue weighted by molar-refractivity contribution is -0.121. The number of nitrogens with zero attached hydrogens (tertiary/aromatic N) is 1. The summed E-state index contributed by atoms with van der Waals surface area (Å²) in [6.07, 6.45) is 2.65. The molecule has 3 rings (SSSR count). The first-order valence-corrected chi connectivity index (χ1v) is 10.7. The van der Waals surface area contributed by atoms with Gasteiger partial charge in [0.25, 0.3) is 0 Å². The maximum absolute atomic E-state index is 12.1. The van der Waals surface area contributed by atoms with Crippen LogP contribution in [0.1, 0.15) is 23.1 Å². The SMILES string of the molecule is O=C(CCc1ccccc1)N/N=C\c1cc(Br)cc(Br)c1OCc1ccccc1. The van der Waals surface area contributed by atoms with Crippen LogP contribution in [-0.4, -0.2) is 12.1 Å². The van der Waals surface area contributed by atoms with E-state index in [-0.39, 0.29) is 5.91 Å². The third-order valence-electron chi connectivity index (χ3n) is 4.14. The number of halogens is 2. The monoisotopic (exact) mass is 514 g/mol. The van der Waals surface area contributed by atoms with Crippen LogP contribution in [0.5, 0.6) is 5.75 Å². The van der Waals surface area contributed by atoms with Crippen LogP contribution in [0.2, 0.25) is 0 Å². The molecule has 3 aromatic rings. The molecule has 1 amide bonds. The maximum atomic E-state index is 12.1. The van der Waals surface area contributed by atoms with Crippen molar-refractivity contribution in [3.8, 4) is 5.75 Å². The molecule has 6 heteroatoms. The van der Waals surface area contributed by atoms with Gasteiger partial charge in [0.2, 0.25) is 5.91 Å². The van der Waals surface area contributed by atoms with Crippen molar-refractivity contribution in [2.24, 2.45) is 5.10 Å². The predicted molar refractivity (Wildman–Crippen MR) is 123 cm³/mol. The Kier molecular flexibility index (Phi) is 8.02. The molecule has 0 bridgehead atoms. The van der Waals surface area contributed by atoms with Crippen LogP contribution < -0.4 is 10.2 Å². The second-order valence-corrected chi connectivity index (χ2v) is 8.13. The zero-order valence-electron chi connectivity index (χ0n) is 15.6. The Bertz CT molecular complexity index is 977. The van der Waals surface area contributed by atoms with E-state index in [0.29, 0.717) is 25.2 Å². The molecular formula is C23H20Br2N2O2. The highest BCUT2D eigenvalue weighted by molar-refractivity contribution is 9.11. The average Bonchev–Trinajstić information content (AvgIpc) is 2.73. The molecule has 29 heavy (non-hydrogen) atoms. The van der Waals surface area contributed by atoms with E-state index in [1.54, 1.807) is 6.21 Å². The van der Waals surface area contributed by atoms with Crippen molar-refractivity contribution in [1.82, 2.24) is 5.43 Å². The fourth-order valence-corrected chi connectivity index (χ4v) is 4.06. The smallest absolute Gasteiger partial charge is 0.240 e. The predicted octanol–water partition coefficient (Wildman–Crippen LogP) is 5.87. The maximum Gasteiger partial charge on any atom is 0.240 e. The number of hydrazone groups is 1. The first-order chi connectivity index (χ1) is 14.1. The minimum atomic E-state index is -0.133. The molecule has 0 atom stereocenters. The fraction of sp³-hybridized carbons (Fsp3) is 0.130. The molecule has 0 heterocycles. The average molecular weight is 516 g/mol. The summed E-state index contributed by atoms with van der Waals surface area (Å²) in [6, 6.07) is 23.6. The van der Waals surface area contributed by atoms with Gasteiger partial charge in [-0.05, 0) is 45.6 Å². The van der Waals surface area contributed by atoms with Crippen molar-refractivity contribution in [2.45, 2.75) is 19.4 Å². The molecule has 0 aliphatic rings. The highest BCUT2D eigenvalue weighted by Crippen LogP contribution is 2.32. The summed E-state index contributed by atoms with van der Waals surface area (Å²) >= 11 is 7.02. The normalized spacial score (nSPS) is 10.8. The molecular weight excluding hydrogens is 496 g/mol. The molecule has 0 fully saturated rings. The minimum absolute atomic E-state index is 0.133. The molecule has 4 nitrogen and oxygen atoms in total. The van der Waals surface area contributed by atoms with E-state index in [9.17, 15) is 4.79 Å². The van der Waals surface area contributed by atoms with Gasteiger partial charge in [0.15, 0.2) is 0 Å². The summed E-state index contributed by atoms with van der Waals surface area (Å²) in [5.74, 6) is 0.533. The van der Waals surface area contributed by atoms with Crippen molar-refractivity contribution >= 4 is 44.0 Å². The van der Waals surface area contributed by atoms with Gasteiger partial charge in [-0.25, -0.2) is 5.43 Å². The van der Waals surface area contributed by atoms with Crippen LogP contribution in [0, 0.1) is 0 Å². The standard InChI is InChI=1S/C23H20Br2N2O2/c24-20-13-19(15-26-27-22(28)12-11-17-7-3-1-4-8-17)23(21(25)14-20)29-16-18-9-5-2-6-10-18/h1-10,13-15H,11-12,16H2,(H,27,28)/b26-15-. The largest absolute Gasteiger partial charge is 0.487 e. The number of rotatable bonds is 8. The van der Waals surface area contributed by atoms with Gasteiger partial charge in [0.1, 0.15) is 12.4 Å². The number of nitrogens with one attached hydrogen (secondary N) is 1. The van der Waals surface area contributed by atoms with Crippen molar-refractivity contribution in [3.05, 3.63) is 98.4 Å². The van der Waals surface area contributed by atoms with Crippen LogP contribution in [0.15, 0.2) is 86.8 Å².